The molecule has 1 amide bonds. The maximum absolute atomic E-state index is 12.9. The smallest absolute Gasteiger partial charge is 0.407 e. The van der Waals surface area contributed by atoms with E-state index in [0.717, 1.165) is 25.0 Å². The summed E-state index contributed by atoms with van der Waals surface area (Å²) < 4.78 is 18.8. The van der Waals surface area contributed by atoms with E-state index in [2.05, 4.69) is 4.98 Å². The number of likely N-dealkylation sites (tertiary alicyclic amines) is 1. The summed E-state index contributed by atoms with van der Waals surface area (Å²) in [5.74, 6) is -0.163. The summed E-state index contributed by atoms with van der Waals surface area (Å²) in [5.41, 5.74) is 0.621. The molecule has 20 heavy (non-hydrogen) atoms. The summed E-state index contributed by atoms with van der Waals surface area (Å²) in [6, 6.07) is 3.12. The van der Waals surface area contributed by atoms with Gasteiger partial charge >= 0.3 is 6.09 Å². The largest absolute Gasteiger partial charge is 0.465 e. The molecule has 1 aromatic rings. The van der Waals surface area contributed by atoms with Gasteiger partial charge in [0.15, 0.2) is 0 Å². The Morgan fingerprint density at radius 2 is 2.20 bits per heavy atom. The summed E-state index contributed by atoms with van der Waals surface area (Å²) in [4.78, 5) is 16.5. The Hall–Kier alpha value is -1.69. The van der Waals surface area contributed by atoms with E-state index < -0.39 is 6.09 Å². The van der Waals surface area contributed by atoms with Crippen molar-refractivity contribution in [2.45, 2.75) is 30.8 Å². The van der Waals surface area contributed by atoms with Crippen LogP contribution < -0.4 is 0 Å². The lowest BCUT2D eigenvalue weighted by Crippen LogP contribution is -2.45. The van der Waals surface area contributed by atoms with E-state index in [1.165, 1.54) is 17.2 Å². The normalized spacial score (nSPS) is 25.1. The Morgan fingerprint density at radius 1 is 1.45 bits per heavy atom. The number of amides is 1. The molecule has 0 aliphatic carbocycles. The van der Waals surface area contributed by atoms with Gasteiger partial charge in [0.05, 0.1) is 18.4 Å². The van der Waals surface area contributed by atoms with Crippen molar-refractivity contribution in [3.8, 4) is 0 Å². The molecular weight excluding hydrogens is 263 g/mol. The number of rotatable bonds is 1. The second-order valence-corrected chi connectivity index (χ2v) is 5.57. The van der Waals surface area contributed by atoms with Gasteiger partial charge in [-0.25, -0.2) is 9.18 Å². The average molecular weight is 280 g/mol. The van der Waals surface area contributed by atoms with Crippen LogP contribution in [0.3, 0.4) is 0 Å². The van der Waals surface area contributed by atoms with Gasteiger partial charge < -0.3 is 14.7 Å². The van der Waals surface area contributed by atoms with Crippen LogP contribution in [0.4, 0.5) is 9.18 Å². The quantitative estimate of drug-likeness (QED) is 0.857. The lowest BCUT2D eigenvalue weighted by atomic mass is 9.84. The third kappa shape index (κ3) is 2.47. The Morgan fingerprint density at radius 3 is 2.80 bits per heavy atom. The highest BCUT2D eigenvalue weighted by molar-refractivity contribution is 5.65. The summed E-state index contributed by atoms with van der Waals surface area (Å²) in [6.45, 7) is 1.60. The number of hydrogen-bond donors (Lipinski definition) is 1. The zero-order valence-corrected chi connectivity index (χ0v) is 11.1. The number of ether oxygens (including phenoxy) is 1. The first-order valence-corrected chi connectivity index (χ1v) is 6.81. The minimum Gasteiger partial charge on any atom is -0.465 e. The predicted octanol–water partition coefficient (Wildman–Crippen LogP) is 2.24. The topological polar surface area (TPSA) is 62.7 Å². The molecular formula is C14H17FN2O3. The van der Waals surface area contributed by atoms with Gasteiger partial charge in [-0.2, -0.15) is 0 Å². The van der Waals surface area contributed by atoms with Gasteiger partial charge in [0.2, 0.25) is 0 Å². The molecule has 0 bridgehead atoms. The molecule has 0 radical (unpaired) electrons. The van der Waals surface area contributed by atoms with Crippen molar-refractivity contribution < 1.29 is 19.0 Å². The van der Waals surface area contributed by atoms with E-state index in [4.69, 9.17) is 9.84 Å². The summed E-state index contributed by atoms with van der Waals surface area (Å²) in [6.07, 6.45) is 2.63. The molecule has 108 valence electrons. The number of carboxylic acid groups (broad SMARTS) is 1. The molecule has 1 aromatic heterocycles. The van der Waals surface area contributed by atoms with Crippen molar-refractivity contribution in [2.75, 3.05) is 19.7 Å². The maximum atomic E-state index is 12.9. The second kappa shape index (κ2) is 5.01. The third-order valence-electron chi connectivity index (χ3n) is 4.32. The Labute approximate surface area is 116 Å². The Kier molecular flexibility index (Phi) is 3.33. The van der Waals surface area contributed by atoms with Gasteiger partial charge in [0, 0.05) is 24.7 Å². The monoisotopic (exact) mass is 280 g/mol. The predicted molar refractivity (Wildman–Crippen MR) is 69.1 cm³/mol. The summed E-state index contributed by atoms with van der Waals surface area (Å²) in [7, 11) is 0. The van der Waals surface area contributed by atoms with E-state index in [9.17, 15) is 9.18 Å². The minimum atomic E-state index is -0.866. The Bertz CT molecular complexity index is 498. The van der Waals surface area contributed by atoms with Crippen LogP contribution in [-0.4, -0.2) is 46.4 Å². The van der Waals surface area contributed by atoms with E-state index in [-0.39, 0.29) is 17.3 Å². The number of carbonyl (C=O) groups is 1. The molecule has 1 spiro atoms. The zero-order chi connectivity index (χ0) is 14.2. The molecule has 0 saturated carbocycles. The highest BCUT2D eigenvalue weighted by atomic mass is 19.1. The molecule has 2 aliphatic rings. The van der Waals surface area contributed by atoms with Crippen LogP contribution in [-0.2, 0) is 4.74 Å². The maximum Gasteiger partial charge on any atom is 0.407 e. The molecule has 1 N–H and O–H groups in total. The van der Waals surface area contributed by atoms with Gasteiger partial charge in [0.25, 0.3) is 0 Å². The highest BCUT2D eigenvalue weighted by Crippen LogP contribution is 2.42. The van der Waals surface area contributed by atoms with Gasteiger partial charge in [-0.15, -0.1) is 0 Å². The standard InChI is InChI=1S/C14H17FN2O3/c15-11-1-2-12(16-8-11)10-7-14(20-9-10)3-5-17(6-4-14)13(18)19/h1-2,8,10H,3-7,9H2,(H,18,19). The van der Waals surface area contributed by atoms with Gasteiger partial charge in [-0.05, 0) is 31.4 Å². The molecule has 2 aliphatic heterocycles. The molecule has 6 heteroatoms. The molecule has 1 atom stereocenters. The first-order valence-electron chi connectivity index (χ1n) is 6.81. The number of piperidine rings is 1. The second-order valence-electron chi connectivity index (χ2n) is 5.57. The molecule has 3 heterocycles. The van der Waals surface area contributed by atoms with Crippen molar-refractivity contribution in [1.29, 1.82) is 0 Å². The van der Waals surface area contributed by atoms with Crippen LogP contribution in [0.25, 0.3) is 0 Å². The number of aromatic nitrogens is 1. The molecule has 1 unspecified atom stereocenters. The Balaban J connectivity index is 1.65. The van der Waals surface area contributed by atoms with Crippen LogP contribution in [0.2, 0.25) is 0 Å². The van der Waals surface area contributed by atoms with Crippen molar-refractivity contribution in [3.63, 3.8) is 0 Å². The van der Waals surface area contributed by atoms with Crippen LogP contribution in [0.5, 0.6) is 0 Å². The van der Waals surface area contributed by atoms with Crippen molar-refractivity contribution in [3.05, 3.63) is 29.8 Å². The number of nitrogens with zero attached hydrogens (tertiary/aromatic N) is 2. The lowest BCUT2D eigenvalue weighted by Gasteiger charge is -2.37. The molecule has 2 fully saturated rings. The van der Waals surface area contributed by atoms with Crippen molar-refractivity contribution in [1.82, 2.24) is 9.88 Å². The molecule has 2 saturated heterocycles. The highest BCUT2D eigenvalue weighted by Gasteiger charge is 2.44. The lowest BCUT2D eigenvalue weighted by molar-refractivity contribution is -0.0394. The first kappa shape index (κ1) is 13.3. The van der Waals surface area contributed by atoms with Gasteiger partial charge in [0.1, 0.15) is 5.82 Å². The third-order valence-corrected chi connectivity index (χ3v) is 4.32. The molecule has 5 nitrogen and oxygen atoms in total. The van der Waals surface area contributed by atoms with Crippen LogP contribution in [0, 0.1) is 5.82 Å². The number of halogens is 1. The molecule has 3 rings (SSSR count). The molecule has 0 aromatic carbocycles. The summed E-state index contributed by atoms with van der Waals surface area (Å²) >= 11 is 0. The van der Waals surface area contributed by atoms with Crippen LogP contribution in [0.15, 0.2) is 18.3 Å². The van der Waals surface area contributed by atoms with E-state index >= 15 is 0 Å². The van der Waals surface area contributed by atoms with Gasteiger partial charge in [-0.1, -0.05) is 0 Å². The van der Waals surface area contributed by atoms with E-state index in [1.54, 1.807) is 6.07 Å². The SMILES string of the molecule is O=C(O)N1CCC2(CC1)CC(c1ccc(F)cn1)CO2. The number of pyridine rings is 1. The van der Waals surface area contributed by atoms with Crippen LogP contribution >= 0.6 is 0 Å². The average Bonchev–Trinajstić information content (AvgIpc) is 2.84. The van der Waals surface area contributed by atoms with Crippen molar-refractivity contribution in [2.24, 2.45) is 0 Å². The minimum absolute atomic E-state index is 0.173. The summed E-state index contributed by atoms with van der Waals surface area (Å²) in [5, 5.41) is 8.97. The van der Waals surface area contributed by atoms with Crippen LogP contribution in [0.1, 0.15) is 30.9 Å². The fourth-order valence-electron chi connectivity index (χ4n) is 3.12. The van der Waals surface area contributed by atoms with E-state index in [0.29, 0.717) is 19.7 Å². The van der Waals surface area contributed by atoms with Crippen molar-refractivity contribution >= 4 is 6.09 Å². The van der Waals surface area contributed by atoms with E-state index in [1.807, 2.05) is 0 Å². The fourth-order valence-corrected chi connectivity index (χ4v) is 3.12. The first-order chi connectivity index (χ1) is 9.58. The zero-order valence-electron chi connectivity index (χ0n) is 11.1. The van der Waals surface area contributed by atoms with Gasteiger partial charge in [-0.3, -0.25) is 4.98 Å². The number of hydrogen-bond acceptors (Lipinski definition) is 3. The fraction of sp³-hybridized carbons (Fsp3) is 0.571.